The van der Waals surface area contributed by atoms with Crippen molar-refractivity contribution >= 4 is 35.8 Å². The van der Waals surface area contributed by atoms with Crippen LogP contribution in [0.3, 0.4) is 0 Å². The lowest BCUT2D eigenvalue weighted by Gasteiger charge is -2.61. The third-order valence-electron chi connectivity index (χ3n) is 5.89. The number of hydrogen-bond acceptors (Lipinski definition) is 4. The van der Waals surface area contributed by atoms with E-state index in [0.717, 1.165) is 25.5 Å². The van der Waals surface area contributed by atoms with Crippen molar-refractivity contribution in [3.05, 3.63) is 29.8 Å². The number of aliphatic imine (C=N–C) groups is 1. The Balaban J connectivity index is 0.00000300. The van der Waals surface area contributed by atoms with E-state index in [1.54, 1.807) is 12.1 Å². The lowest BCUT2D eigenvalue weighted by atomic mass is 9.51. The van der Waals surface area contributed by atoms with E-state index in [1.807, 2.05) is 6.92 Å². The van der Waals surface area contributed by atoms with Crippen LogP contribution < -0.4 is 16.0 Å². The van der Waals surface area contributed by atoms with Gasteiger partial charge in [-0.3, -0.25) is 9.79 Å². The molecule has 0 heterocycles. The molecule has 29 heavy (non-hydrogen) atoms. The molecule has 0 aliphatic heterocycles. The number of nitrogens with zero attached hydrogens (tertiary/aromatic N) is 1. The molecule has 1 amide bonds. The summed E-state index contributed by atoms with van der Waals surface area (Å²) < 4.78 is 5.92. The standard InChI is InChI=1S/C21H32N4O3.HI/c1-3-22-20(25-17-14-18(28-4-2)21(17)10-5-11-21)24-13-12-23-19(27)15-6-8-16(26)9-7-15;/h6-9,17-18,26H,3-5,10-14H2,1-2H3,(H,23,27)(H2,22,24,25);1H. The Bertz CT molecular complexity index is 692. The predicted molar refractivity (Wildman–Crippen MR) is 125 cm³/mol. The van der Waals surface area contributed by atoms with Crippen molar-refractivity contribution in [1.29, 1.82) is 0 Å². The maximum Gasteiger partial charge on any atom is 0.251 e. The van der Waals surface area contributed by atoms with E-state index in [-0.39, 0.29) is 41.0 Å². The number of phenols is 1. The lowest BCUT2D eigenvalue weighted by molar-refractivity contribution is -0.168. The Labute approximate surface area is 190 Å². The van der Waals surface area contributed by atoms with Crippen LogP contribution in [0.4, 0.5) is 0 Å². The Morgan fingerprint density at radius 3 is 2.55 bits per heavy atom. The summed E-state index contributed by atoms with van der Waals surface area (Å²) in [5.41, 5.74) is 0.800. The van der Waals surface area contributed by atoms with Crippen LogP contribution in [0.2, 0.25) is 0 Å². The van der Waals surface area contributed by atoms with Gasteiger partial charge in [-0.2, -0.15) is 0 Å². The van der Waals surface area contributed by atoms with Gasteiger partial charge in [-0.05, 0) is 57.4 Å². The molecule has 4 N–H and O–H groups in total. The summed E-state index contributed by atoms with van der Waals surface area (Å²) in [5, 5.41) is 19.0. The molecule has 2 unspecified atom stereocenters. The predicted octanol–water partition coefficient (Wildman–Crippen LogP) is 2.64. The highest BCUT2D eigenvalue weighted by Gasteiger charge is 2.59. The minimum absolute atomic E-state index is 0. The van der Waals surface area contributed by atoms with Crippen molar-refractivity contribution in [2.45, 2.75) is 51.7 Å². The fourth-order valence-corrected chi connectivity index (χ4v) is 4.18. The number of carbonyl (C=O) groups excluding carboxylic acids is 1. The SMILES string of the molecule is CCNC(=NCCNC(=O)c1ccc(O)cc1)NC1CC(OCC)C12CCC2.I. The molecule has 1 aromatic rings. The van der Waals surface area contributed by atoms with Crippen LogP contribution in [0, 0.1) is 5.41 Å². The number of nitrogens with one attached hydrogen (secondary N) is 3. The Morgan fingerprint density at radius 2 is 1.97 bits per heavy atom. The summed E-state index contributed by atoms with van der Waals surface area (Å²) in [7, 11) is 0. The van der Waals surface area contributed by atoms with Crippen molar-refractivity contribution in [1.82, 2.24) is 16.0 Å². The van der Waals surface area contributed by atoms with Gasteiger partial charge in [-0.25, -0.2) is 0 Å². The number of guanidine groups is 1. The molecule has 0 radical (unpaired) electrons. The Morgan fingerprint density at radius 1 is 1.24 bits per heavy atom. The average molecular weight is 516 g/mol. The Kier molecular flexibility index (Phi) is 9.01. The van der Waals surface area contributed by atoms with E-state index >= 15 is 0 Å². The first-order chi connectivity index (χ1) is 13.6. The van der Waals surface area contributed by atoms with Crippen LogP contribution in [0.25, 0.3) is 0 Å². The van der Waals surface area contributed by atoms with Crippen molar-refractivity contribution < 1.29 is 14.6 Å². The molecule has 8 heteroatoms. The minimum Gasteiger partial charge on any atom is -0.508 e. The molecule has 0 saturated heterocycles. The van der Waals surface area contributed by atoms with Gasteiger partial charge in [0.25, 0.3) is 5.91 Å². The summed E-state index contributed by atoms with van der Waals surface area (Å²) in [6.45, 7) is 6.62. The number of ether oxygens (including phenoxy) is 1. The number of benzene rings is 1. The highest BCUT2D eigenvalue weighted by atomic mass is 127. The topological polar surface area (TPSA) is 95.0 Å². The Hall–Kier alpha value is -1.55. The second-order valence-electron chi connectivity index (χ2n) is 7.53. The molecule has 2 atom stereocenters. The van der Waals surface area contributed by atoms with E-state index in [2.05, 4.69) is 27.9 Å². The second kappa shape index (κ2) is 11.0. The van der Waals surface area contributed by atoms with Gasteiger partial charge in [0.15, 0.2) is 5.96 Å². The summed E-state index contributed by atoms with van der Waals surface area (Å²) in [5.74, 6) is 0.780. The van der Waals surface area contributed by atoms with Crippen molar-refractivity contribution in [3.63, 3.8) is 0 Å². The molecule has 0 aromatic heterocycles. The quantitative estimate of drug-likeness (QED) is 0.185. The number of aromatic hydroxyl groups is 1. The van der Waals surface area contributed by atoms with Crippen LogP contribution in [-0.2, 0) is 4.74 Å². The molecule has 7 nitrogen and oxygen atoms in total. The number of carbonyl (C=O) groups is 1. The van der Waals surface area contributed by atoms with Gasteiger partial charge in [0.2, 0.25) is 0 Å². The molecule has 2 aliphatic carbocycles. The van der Waals surface area contributed by atoms with Crippen LogP contribution in [0.15, 0.2) is 29.3 Å². The largest absolute Gasteiger partial charge is 0.508 e. The zero-order valence-electron chi connectivity index (χ0n) is 17.2. The second-order valence-corrected chi connectivity index (χ2v) is 7.53. The summed E-state index contributed by atoms with van der Waals surface area (Å²) in [4.78, 5) is 16.7. The van der Waals surface area contributed by atoms with E-state index in [4.69, 9.17) is 4.74 Å². The van der Waals surface area contributed by atoms with Crippen LogP contribution in [0.1, 0.15) is 49.9 Å². The first-order valence-corrected chi connectivity index (χ1v) is 10.3. The van der Waals surface area contributed by atoms with Gasteiger partial charge < -0.3 is 25.8 Å². The van der Waals surface area contributed by atoms with Gasteiger partial charge in [0, 0.05) is 36.7 Å². The van der Waals surface area contributed by atoms with Gasteiger partial charge in [0.1, 0.15) is 5.75 Å². The third kappa shape index (κ3) is 5.53. The van der Waals surface area contributed by atoms with Gasteiger partial charge >= 0.3 is 0 Å². The zero-order valence-corrected chi connectivity index (χ0v) is 19.6. The monoisotopic (exact) mass is 516 g/mol. The summed E-state index contributed by atoms with van der Waals surface area (Å²) >= 11 is 0. The number of halogens is 1. The number of hydrogen-bond donors (Lipinski definition) is 4. The van der Waals surface area contributed by atoms with E-state index < -0.39 is 0 Å². The van der Waals surface area contributed by atoms with E-state index in [0.29, 0.717) is 30.8 Å². The molecular weight excluding hydrogens is 483 g/mol. The number of rotatable bonds is 8. The maximum atomic E-state index is 12.1. The normalized spacial score (nSPS) is 22.1. The fraction of sp³-hybridized carbons (Fsp3) is 0.619. The number of amides is 1. The van der Waals surface area contributed by atoms with Crippen molar-refractivity contribution in [2.24, 2.45) is 10.4 Å². The lowest BCUT2D eigenvalue weighted by Crippen LogP contribution is -2.68. The molecule has 2 saturated carbocycles. The molecule has 1 spiro atoms. The molecule has 2 fully saturated rings. The van der Waals surface area contributed by atoms with Crippen molar-refractivity contribution in [2.75, 3.05) is 26.2 Å². The highest BCUT2D eigenvalue weighted by molar-refractivity contribution is 14.0. The van der Waals surface area contributed by atoms with Crippen molar-refractivity contribution in [3.8, 4) is 5.75 Å². The van der Waals surface area contributed by atoms with E-state index in [1.165, 1.54) is 31.4 Å². The highest BCUT2D eigenvalue weighted by Crippen LogP contribution is 2.57. The maximum absolute atomic E-state index is 12.1. The zero-order chi connectivity index (χ0) is 20.0. The smallest absolute Gasteiger partial charge is 0.251 e. The van der Waals surface area contributed by atoms with Gasteiger partial charge in [-0.1, -0.05) is 6.42 Å². The fourth-order valence-electron chi connectivity index (χ4n) is 4.18. The first-order valence-electron chi connectivity index (χ1n) is 10.3. The molecule has 1 aromatic carbocycles. The summed E-state index contributed by atoms with van der Waals surface area (Å²) in [6.07, 6.45) is 5.11. The van der Waals surface area contributed by atoms with E-state index in [9.17, 15) is 9.90 Å². The third-order valence-corrected chi connectivity index (χ3v) is 5.89. The summed E-state index contributed by atoms with van der Waals surface area (Å²) in [6, 6.07) is 6.61. The minimum atomic E-state index is -0.167. The first kappa shape index (κ1) is 23.7. The molecule has 0 bridgehead atoms. The molecular formula is C21H33IN4O3. The molecule has 162 valence electrons. The van der Waals surface area contributed by atoms with Crippen LogP contribution in [-0.4, -0.2) is 55.4 Å². The average Bonchev–Trinajstić information content (AvgIpc) is 2.63. The van der Waals surface area contributed by atoms with Crippen LogP contribution in [0.5, 0.6) is 5.75 Å². The molecule has 2 aliphatic rings. The number of phenolic OH excluding ortho intramolecular Hbond substituents is 1. The van der Waals surface area contributed by atoms with Crippen LogP contribution >= 0.6 is 24.0 Å². The molecule has 3 rings (SSSR count). The van der Waals surface area contributed by atoms with Gasteiger partial charge in [0.05, 0.1) is 12.6 Å². The van der Waals surface area contributed by atoms with Gasteiger partial charge in [-0.15, -0.1) is 24.0 Å².